The molecule has 1 aromatic rings. The summed E-state index contributed by atoms with van der Waals surface area (Å²) in [6.45, 7) is 3.16. The van der Waals surface area contributed by atoms with Gasteiger partial charge in [0.15, 0.2) is 0 Å². The van der Waals surface area contributed by atoms with Gasteiger partial charge in [0.25, 0.3) is 0 Å². The Morgan fingerprint density at radius 2 is 1.95 bits per heavy atom. The van der Waals surface area contributed by atoms with Crippen LogP contribution in [0.25, 0.3) is 6.08 Å². The molecule has 0 aromatic heterocycles. The average molecular weight is 289 g/mol. The van der Waals surface area contributed by atoms with Gasteiger partial charge in [-0.1, -0.05) is 12.1 Å². The molecule has 112 valence electrons. The summed E-state index contributed by atoms with van der Waals surface area (Å²) in [6, 6.07) is 6.97. The number of likely N-dealkylation sites (N-methyl/N-ethyl adjacent to an activating group) is 1. The van der Waals surface area contributed by atoms with Crippen molar-refractivity contribution in [3.05, 3.63) is 35.9 Å². The molecular weight excluding hydrogens is 270 g/mol. The highest BCUT2D eigenvalue weighted by Crippen LogP contribution is 2.13. The molecule has 0 radical (unpaired) electrons. The fourth-order valence-corrected chi connectivity index (χ4v) is 2.10. The van der Waals surface area contributed by atoms with Crippen LogP contribution >= 0.6 is 0 Å². The number of nitrogens with one attached hydrogen (secondary N) is 1. The number of urea groups is 1. The van der Waals surface area contributed by atoms with E-state index in [4.69, 9.17) is 5.11 Å². The molecule has 2 amide bonds. The first-order valence-corrected chi connectivity index (χ1v) is 6.80. The third-order valence-electron chi connectivity index (χ3n) is 3.35. The first-order chi connectivity index (χ1) is 10.0. The van der Waals surface area contributed by atoms with Crippen LogP contribution in [0.4, 0.5) is 10.5 Å². The van der Waals surface area contributed by atoms with E-state index in [0.29, 0.717) is 18.8 Å². The molecule has 0 atom stereocenters. The lowest BCUT2D eigenvalue weighted by atomic mass is 10.2. The Balaban J connectivity index is 1.97. The van der Waals surface area contributed by atoms with Crippen LogP contribution in [-0.2, 0) is 4.79 Å². The molecule has 21 heavy (non-hydrogen) atoms. The minimum absolute atomic E-state index is 0.123. The van der Waals surface area contributed by atoms with Gasteiger partial charge in [-0.05, 0) is 30.8 Å². The van der Waals surface area contributed by atoms with Crippen molar-refractivity contribution in [2.75, 3.05) is 38.5 Å². The highest BCUT2D eigenvalue weighted by Gasteiger charge is 2.18. The van der Waals surface area contributed by atoms with Gasteiger partial charge in [-0.2, -0.15) is 0 Å². The zero-order valence-corrected chi connectivity index (χ0v) is 12.0. The molecule has 1 aliphatic rings. The molecule has 1 saturated heterocycles. The maximum Gasteiger partial charge on any atom is 0.328 e. The van der Waals surface area contributed by atoms with E-state index in [0.717, 1.165) is 24.7 Å². The van der Waals surface area contributed by atoms with E-state index in [1.165, 1.54) is 6.08 Å². The fraction of sp³-hybridized carbons (Fsp3) is 0.333. The Hall–Kier alpha value is -2.34. The molecule has 1 aromatic carbocycles. The molecule has 0 saturated carbocycles. The predicted molar refractivity (Wildman–Crippen MR) is 81.2 cm³/mol. The lowest BCUT2D eigenvalue weighted by molar-refractivity contribution is -0.131. The van der Waals surface area contributed by atoms with Crippen molar-refractivity contribution >= 4 is 23.8 Å². The molecule has 1 heterocycles. The van der Waals surface area contributed by atoms with Gasteiger partial charge in [-0.3, -0.25) is 0 Å². The highest BCUT2D eigenvalue weighted by atomic mass is 16.4. The molecule has 2 N–H and O–H groups in total. The quantitative estimate of drug-likeness (QED) is 0.828. The summed E-state index contributed by atoms with van der Waals surface area (Å²) >= 11 is 0. The number of rotatable bonds is 3. The number of nitrogens with zero attached hydrogens (tertiary/aromatic N) is 2. The van der Waals surface area contributed by atoms with Gasteiger partial charge in [-0.25, -0.2) is 9.59 Å². The Bertz CT molecular complexity index is 549. The third kappa shape index (κ3) is 4.61. The van der Waals surface area contributed by atoms with Crippen LogP contribution < -0.4 is 5.32 Å². The van der Waals surface area contributed by atoms with Crippen LogP contribution in [0.2, 0.25) is 0 Å². The van der Waals surface area contributed by atoms with Crippen LogP contribution in [0.1, 0.15) is 5.56 Å². The van der Waals surface area contributed by atoms with E-state index >= 15 is 0 Å². The van der Waals surface area contributed by atoms with Crippen molar-refractivity contribution in [1.29, 1.82) is 0 Å². The van der Waals surface area contributed by atoms with Gasteiger partial charge in [0, 0.05) is 37.9 Å². The molecule has 2 rings (SSSR count). The van der Waals surface area contributed by atoms with E-state index in [2.05, 4.69) is 10.2 Å². The van der Waals surface area contributed by atoms with Crippen LogP contribution in [0, 0.1) is 0 Å². The Labute approximate surface area is 123 Å². The summed E-state index contributed by atoms with van der Waals surface area (Å²) in [7, 11) is 2.04. The average Bonchev–Trinajstić information content (AvgIpc) is 2.46. The third-order valence-corrected chi connectivity index (χ3v) is 3.35. The summed E-state index contributed by atoms with van der Waals surface area (Å²) < 4.78 is 0. The summed E-state index contributed by atoms with van der Waals surface area (Å²) in [4.78, 5) is 26.6. The summed E-state index contributed by atoms with van der Waals surface area (Å²) in [5.41, 5.74) is 1.39. The maximum atomic E-state index is 12.1. The molecule has 0 unspecified atom stereocenters. The van der Waals surface area contributed by atoms with E-state index in [1.807, 2.05) is 7.05 Å². The van der Waals surface area contributed by atoms with Crippen molar-refractivity contribution < 1.29 is 14.7 Å². The number of amides is 2. The second-order valence-electron chi connectivity index (χ2n) is 5.02. The zero-order valence-electron chi connectivity index (χ0n) is 12.0. The molecule has 0 aliphatic carbocycles. The number of aliphatic carboxylic acids is 1. The van der Waals surface area contributed by atoms with Crippen LogP contribution in [0.15, 0.2) is 30.3 Å². The number of piperazine rings is 1. The number of carboxylic acids is 1. The van der Waals surface area contributed by atoms with Gasteiger partial charge >= 0.3 is 12.0 Å². The van der Waals surface area contributed by atoms with Crippen LogP contribution in [0.5, 0.6) is 0 Å². The van der Waals surface area contributed by atoms with Crippen molar-refractivity contribution in [2.24, 2.45) is 0 Å². The van der Waals surface area contributed by atoms with E-state index in [-0.39, 0.29) is 6.03 Å². The molecule has 1 fully saturated rings. The normalized spacial score (nSPS) is 16.1. The number of hydrogen-bond donors (Lipinski definition) is 2. The fourth-order valence-electron chi connectivity index (χ4n) is 2.10. The lowest BCUT2D eigenvalue weighted by Gasteiger charge is -2.32. The van der Waals surface area contributed by atoms with Crippen molar-refractivity contribution in [1.82, 2.24) is 9.80 Å². The van der Waals surface area contributed by atoms with E-state index in [9.17, 15) is 9.59 Å². The number of carboxylic acid groups (broad SMARTS) is 1. The number of carbonyl (C=O) groups excluding carboxylic acids is 1. The topological polar surface area (TPSA) is 72.9 Å². The van der Waals surface area contributed by atoms with Crippen molar-refractivity contribution in [3.8, 4) is 0 Å². The molecule has 0 bridgehead atoms. The van der Waals surface area contributed by atoms with Crippen LogP contribution in [0.3, 0.4) is 0 Å². The summed E-state index contributed by atoms with van der Waals surface area (Å²) in [5.74, 6) is -0.998. The molecule has 0 spiro atoms. The maximum absolute atomic E-state index is 12.1. The van der Waals surface area contributed by atoms with Gasteiger partial charge in [0.2, 0.25) is 0 Å². The van der Waals surface area contributed by atoms with Gasteiger partial charge in [0.05, 0.1) is 0 Å². The largest absolute Gasteiger partial charge is 0.478 e. The number of benzene rings is 1. The van der Waals surface area contributed by atoms with E-state index < -0.39 is 5.97 Å². The van der Waals surface area contributed by atoms with Gasteiger partial charge in [-0.15, -0.1) is 0 Å². The molecule has 1 aliphatic heterocycles. The summed E-state index contributed by atoms with van der Waals surface area (Å²) in [5, 5.41) is 11.5. The monoisotopic (exact) mass is 289 g/mol. The number of carbonyl (C=O) groups is 2. The second-order valence-corrected chi connectivity index (χ2v) is 5.02. The van der Waals surface area contributed by atoms with Crippen molar-refractivity contribution in [2.45, 2.75) is 0 Å². The minimum Gasteiger partial charge on any atom is -0.478 e. The predicted octanol–water partition coefficient (Wildman–Crippen LogP) is 1.56. The zero-order chi connectivity index (χ0) is 15.2. The first kappa shape index (κ1) is 15.1. The smallest absolute Gasteiger partial charge is 0.328 e. The van der Waals surface area contributed by atoms with Gasteiger partial charge < -0.3 is 20.2 Å². The summed E-state index contributed by atoms with van der Waals surface area (Å²) in [6.07, 6.45) is 2.56. The highest BCUT2D eigenvalue weighted by molar-refractivity contribution is 5.90. The van der Waals surface area contributed by atoms with Crippen molar-refractivity contribution in [3.63, 3.8) is 0 Å². The van der Waals surface area contributed by atoms with Crippen LogP contribution in [-0.4, -0.2) is 60.1 Å². The molecular formula is C15H19N3O3. The standard InChI is InChI=1S/C15H19N3O3/c1-17-7-9-18(10-8-17)15(21)16-13-4-2-3-12(11-13)5-6-14(19)20/h2-6,11H,7-10H2,1H3,(H,16,21)(H,19,20)/b6-5+. The lowest BCUT2D eigenvalue weighted by Crippen LogP contribution is -2.48. The van der Waals surface area contributed by atoms with Gasteiger partial charge in [0.1, 0.15) is 0 Å². The SMILES string of the molecule is CN1CCN(C(=O)Nc2cccc(/C=C/C(=O)O)c2)CC1. The molecule has 6 heteroatoms. The van der Waals surface area contributed by atoms with E-state index in [1.54, 1.807) is 29.2 Å². The Kier molecular flexibility index (Phi) is 4.94. The Morgan fingerprint density at radius 1 is 1.24 bits per heavy atom. The minimum atomic E-state index is -0.998. The number of anilines is 1. The molecule has 6 nitrogen and oxygen atoms in total. The second kappa shape index (κ2) is 6.90. The Morgan fingerprint density at radius 3 is 2.62 bits per heavy atom. The first-order valence-electron chi connectivity index (χ1n) is 6.80. The number of hydrogen-bond acceptors (Lipinski definition) is 3.